The number of aromatic nitrogens is 5. The fourth-order valence-electron chi connectivity index (χ4n) is 4.38. The molecule has 5 aromatic rings. The minimum absolute atomic E-state index is 0.658. The molecule has 0 aliphatic heterocycles. The number of H-pyrrole nitrogens is 1. The van der Waals surface area contributed by atoms with Crippen LogP contribution in [0.4, 0.5) is 11.5 Å². The molecule has 0 bridgehead atoms. The number of rotatable bonds is 5. The van der Waals surface area contributed by atoms with Crippen molar-refractivity contribution in [3.8, 4) is 11.4 Å². The number of fused-ring (bicyclic) bond motifs is 2. The van der Waals surface area contributed by atoms with Crippen LogP contribution in [0.15, 0.2) is 48.7 Å². The second-order valence-electron chi connectivity index (χ2n) is 7.71. The predicted octanol–water partition coefficient (Wildman–Crippen LogP) is 4.15. The van der Waals surface area contributed by atoms with Crippen LogP contribution in [0.1, 0.15) is 24.0 Å². The lowest BCUT2D eigenvalue weighted by molar-refractivity contribution is -0.481. The quantitative estimate of drug-likeness (QED) is 0.424. The highest BCUT2D eigenvalue weighted by Crippen LogP contribution is 2.33. The number of benzene rings is 2. The van der Waals surface area contributed by atoms with Crippen molar-refractivity contribution in [2.45, 2.75) is 27.7 Å². The van der Waals surface area contributed by atoms with Gasteiger partial charge in [-0.2, -0.15) is 5.10 Å². The molecule has 0 radical (unpaired) electrons. The van der Waals surface area contributed by atoms with Gasteiger partial charge >= 0.3 is 0 Å². The Morgan fingerprint density at radius 3 is 2.52 bits per heavy atom. The first-order valence-corrected chi connectivity index (χ1v) is 10.4. The molecule has 0 atom stereocenters. The van der Waals surface area contributed by atoms with Gasteiger partial charge in [-0.05, 0) is 58.0 Å². The third kappa shape index (κ3) is 3.23. The summed E-state index contributed by atoms with van der Waals surface area (Å²) in [5, 5.41) is 21.6. The van der Waals surface area contributed by atoms with Crippen molar-refractivity contribution in [2.75, 3.05) is 6.61 Å². The van der Waals surface area contributed by atoms with E-state index in [0.29, 0.717) is 6.61 Å². The van der Waals surface area contributed by atoms with Crippen LogP contribution in [0.2, 0.25) is 0 Å². The number of ether oxygens (including phenoxy) is 1. The number of hydrogen-bond acceptors (Lipinski definition) is 4. The van der Waals surface area contributed by atoms with Crippen LogP contribution in [0, 0.1) is 20.8 Å². The lowest BCUT2D eigenvalue weighted by atomic mass is 10.1. The van der Waals surface area contributed by atoms with Gasteiger partial charge in [-0.15, -0.1) is 5.10 Å². The summed E-state index contributed by atoms with van der Waals surface area (Å²) in [5.74, 6) is 1.75. The largest absolute Gasteiger partial charge is 0.494 e. The van der Waals surface area contributed by atoms with Gasteiger partial charge in [-0.1, -0.05) is 5.10 Å². The first-order chi connectivity index (χ1) is 15.1. The summed E-state index contributed by atoms with van der Waals surface area (Å²) in [5.41, 5.74) is 6.42. The molecule has 3 heterocycles. The summed E-state index contributed by atoms with van der Waals surface area (Å²) in [6, 6.07) is 14.4. The van der Waals surface area contributed by atoms with Gasteiger partial charge in [0.2, 0.25) is 0 Å². The molecule has 0 saturated heterocycles. The highest BCUT2D eigenvalue weighted by molar-refractivity contribution is 5.96. The van der Waals surface area contributed by atoms with Crippen LogP contribution in [-0.4, -0.2) is 31.6 Å². The van der Waals surface area contributed by atoms with Crippen LogP contribution in [-0.2, 0) is 0 Å². The average Bonchev–Trinajstić information content (AvgIpc) is 3.33. The van der Waals surface area contributed by atoms with Crippen molar-refractivity contribution in [3.05, 3.63) is 65.7 Å². The van der Waals surface area contributed by atoms with Gasteiger partial charge in [0.25, 0.3) is 5.82 Å². The second-order valence-corrected chi connectivity index (χ2v) is 7.71. The summed E-state index contributed by atoms with van der Waals surface area (Å²) in [6.45, 7) is 8.95. The van der Waals surface area contributed by atoms with Crippen LogP contribution in [0.25, 0.3) is 27.4 Å². The molecule has 7 heteroatoms. The maximum atomic E-state index is 5.60. The molecule has 31 heavy (non-hydrogen) atoms. The van der Waals surface area contributed by atoms with Gasteiger partial charge in [0.1, 0.15) is 11.4 Å². The molecule has 0 spiro atoms. The fourth-order valence-corrected chi connectivity index (χ4v) is 4.38. The molecule has 2 aromatic carbocycles. The van der Waals surface area contributed by atoms with Crippen LogP contribution in [0.5, 0.6) is 5.75 Å². The van der Waals surface area contributed by atoms with Gasteiger partial charge in [0, 0.05) is 40.0 Å². The van der Waals surface area contributed by atoms with Crippen molar-refractivity contribution in [1.82, 2.24) is 25.0 Å². The zero-order valence-corrected chi connectivity index (χ0v) is 18.1. The zero-order chi connectivity index (χ0) is 21.5. The fraction of sp³-hybridized carbons (Fsp3) is 0.208. The third-order valence-corrected chi connectivity index (χ3v) is 5.74. The molecule has 0 aliphatic rings. The van der Waals surface area contributed by atoms with Crippen LogP contribution >= 0.6 is 0 Å². The summed E-state index contributed by atoms with van der Waals surface area (Å²) in [6.07, 6.45) is 1.83. The van der Waals surface area contributed by atoms with Crippen molar-refractivity contribution in [1.29, 1.82) is 0 Å². The van der Waals surface area contributed by atoms with E-state index in [0.717, 1.165) is 61.7 Å². The Balaban J connectivity index is 1.63. The highest BCUT2D eigenvalue weighted by atomic mass is 16.5. The Morgan fingerprint density at radius 1 is 0.968 bits per heavy atom. The Labute approximate surface area is 180 Å². The lowest BCUT2D eigenvalue weighted by Crippen LogP contribution is -2.71. The van der Waals surface area contributed by atoms with E-state index in [1.165, 1.54) is 0 Å². The summed E-state index contributed by atoms with van der Waals surface area (Å²) in [7, 11) is 0. The van der Waals surface area contributed by atoms with E-state index in [1.807, 2.05) is 38.2 Å². The summed E-state index contributed by atoms with van der Waals surface area (Å²) >= 11 is 0. The van der Waals surface area contributed by atoms with Crippen molar-refractivity contribution < 1.29 is 10.1 Å². The Hall–Kier alpha value is -3.71. The number of nitrogens with one attached hydrogen (secondary N) is 1. The van der Waals surface area contributed by atoms with E-state index in [2.05, 4.69) is 68.4 Å². The topological polar surface area (TPSA) is 85.2 Å². The second kappa shape index (κ2) is 7.52. The molecule has 0 aliphatic carbocycles. The number of quaternary nitrogens is 1. The van der Waals surface area contributed by atoms with Crippen molar-refractivity contribution >= 4 is 33.2 Å². The molecule has 156 valence electrons. The number of nitrogens with two attached hydrogens (primary N) is 1. The Kier molecular flexibility index (Phi) is 4.67. The van der Waals surface area contributed by atoms with E-state index in [-0.39, 0.29) is 0 Å². The summed E-state index contributed by atoms with van der Waals surface area (Å²) in [4.78, 5) is 0. The van der Waals surface area contributed by atoms with E-state index in [1.54, 1.807) is 0 Å². The van der Waals surface area contributed by atoms with Gasteiger partial charge in [-0.3, -0.25) is 10.4 Å². The summed E-state index contributed by atoms with van der Waals surface area (Å²) < 4.78 is 7.88. The number of aromatic amines is 1. The molecule has 3 N–H and O–H groups in total. The lowest BCUT2D eigenvalue weighted by Gasteiger charge is -2.10. The molecule has 7 nitrogen and oxygen atoms in total. The molecular formula is C24H25N6O+. The first kappa shape index (κ1) is 19.3. The maximum absolute atomic E-state index is 5.60. The van der Waals surface area contributed by atoms with E-state index < -0.39 is 0 Å². The van der Waals surface area contributed by atoms with Crippen molar-refractivity contribution in [2.24, 2.45) is 0 Å². The molecule has 3 aromatic heterocycles. The molecule has 0 unspecified atom stereocenters. The Bertz CT molecular complexity index is 1400. The van der Waals surface area contributed by atoms with Crippen LogP contribution < -0.4 is 10.1 Å². The highest BCUT2D eigenvalue weighted by Gasteiger charge is 2.22. The van der Waals surface area contributed by atoms with E-state index in [9.17, 15) is 0 Å². The number of aryl methyl sites for hydroxylation is 3. The van der Waals surface area contributed by atoms with E-state index in [4.69, 9.17) is 4.74 Å². The number of hydrogen-bond donors (Lipinski definition) is 2. The maximum Gasteiger partial charge on any atom is 0.258 e. The van der Waals surface area contributed by atoms with Gasteiger partial charge < -0.3 is 9.30 Å². The monoisotopic (exact) mass is 413 g/mol. The molecule has 0 fully saturated rings. The van der Waals surface area contributed by atoms with Gasteiger partial charge in [-0.25, -0.2) is 0 Å². The zero-order valence-electron chi connectivity index (χ0n) is 18.1. The number of nitrogens with zero attached hydrogens (tertiary/aromatic N) is 4. The SMILES string of the molecule is CCOc1ccc(-n2c(C)c3c(C)nnc([NH2+]c4ccc5[nH]ncc5c4)c3c2C)cc1. The average molecular weight is 414 g/mol. The van der Waals surface area contributed by atoms with Crippen LogP contribution in [0.3, 0.4) is 0 Å². The molecule has 0 amide bonds. The van der Waals surface area contributed by atoms with Gasteiger partial charge in [0.15, 0.2) is 0 Å². The Morgan fingerprint density at radius 2 is 1.74 bits per heavy atom. The van der Waals surface area contributed by atoms with E-state index >= 15 is 0 Å². The van der Waals surface area contributed by atoms with Gasteiger partial charge in [0.05, 0.1) is 29.4 Å². The smallest absolute Gasteiger partial charge is 0.258 e. The minimum atomic E-state index is 0.658. The molecule has 0 saturated carbocycles. The first-order valence-electron chi connectivity index (χ1n) is 10.4. The predicted molar refractivity (Wildman–Crippen MR) is 122 cm³/mol. The molecular weight excluding hydrogens is 388 g/mol. The standard InChI is InChI=1S/C24H24N6O/c1-5-31-20-9-7-19(8-10-20)30-15(3)22-14(2)27-29-24(23(22)16(30)4)26-18-6-11-21-17(12-18)13-25-28-21/h6-13H,5H2,1-4H3,(H,25,28)(H,26,29)/p+1. The van der Waals surface area contributed by atoms with Crippen molar-refractivity contribution in [3.63, 3.8) is 0 Å². The molecule has 5 rings (SSSR count). The normalized spacial score (nSPS) is 11.5. The third-order valence-electron chi connectivity index (χ3n) is 5.74. The minimum Gasteiger partial charge on any atom is -0.494 e.